The molecule has 0 saturated carbocycles. The van der Waals surface area contributed by atoms with Gasteiger partial charge in [-0.3, -0.25) is 0 Å². The van der Waals surface area contributed by atoms with Crippen LogP contribution >= 0.6 is 27.3 Å². The second kappa shape index (κ2) is 6.52. The zero-order valence-corrected chi connectivity index (χ0v) is 12.9. The number of aliphatic hydroxyl groups excluding tert-OH is 1. The molecule has 0 aliphatic heterocycles. The Morgan fingerprint density at radius 1 is 1.42 bits per heavy atom. The van der Waals surface area contributed by atoms with Crippen molar-refractivity contribution >= 4 is 27.3 Å². The first-order chi connectivity index (χ1) is 9.17. The van der Waals surface area contributed by atoms with Crippen molar-refractivity contribution in [3.63, 3.8) is 0 Å². The lowest BCUT2D eigenvalue weighted by Gasteiger charge is -2.22. The monoisotopic (exact) mass is 341 g/mol. The molecule has 1 aromatic carbocycles. The largest absolute Gasteiger partial charge is 0.497 e. The Hall–Kier alpha value is -0.880. The summed E-state index contributed by atoms with van der Waals surface area (Å²) in [4.78, 5) is 0.901. The normalized spacial score (nSPS) is 14.1. The van der Waals surface area contributed by atoms with E-state index in [4.69, 9.17) is 10.5 Å². The lowest BCUT2D eigenvalue weighted by molar-refractivity contribution is 0.150. The predicted molar refractivity (Wildman–Crippen MR) is 81.8 cm³/mol. The van der Waals surface area contributed by atoms with Gasteiger partial charge in [0.1, 0.15) is 5.75 Å². The van der Waals surface area contributed by atoms with E-state index < -0.39 is 6.10 Å². The molecular weight excluding hydrogens is 326 g/mol. The van der Waals surface area contributed by atoms with Gasteiger partial charge in [0.25, 0.3) is 0 Å². The quantitative estimate of drug-likeness (QED) is 0.877. The molecule has 2 atom stereocenters. The molecule has 3 N–H and O–H groups in total. The highest BCUT2D eigenvalue weighted by molar-refractivity contribution is 9.10. The van der Waals surface area contributed by atoms with E-state index in [0.29, 0.717) is 6.54 Å². The lowest BCUT2D eigenvalue weighted by atomic mass is 9.92. The fraction of sp³-hybridized carbons (Fsp3) is 0.286. The number of nitrogens with two attached hydrogens (primary N) is 1. The van der Waals surface area contributed by atoms with Gasteiger partial charge in [-0.1, -0.05) is 12.1 Å². The fourth-order valence-electron chi connectivity index (χ4n) is 2.02. The van der Waals surface area contributed by atoms with Crippen LogP contribution in [0.3, 0.4) is 0 Å². The van der Waals surface area contributed by atoms with Gasteiger partial charge in [0.05, 0.1) is 13.2 Å². The molecule has 2 unspecified atom stereocenters. The molecule has 0 aliphatic carbocycles. The Morgan fingerprint density at radius 2 is 2.21 bits per heavy atom. The summed E-state index contributed by atoms with van der Waals surface area (Å²) >= 11 is 4.97. The van der Waals surface area contributed by atoms with Crippen molar-refractivity contribution in [2.45, 2.75) is 12.0 Å². The number of benzene rings is 1. The number of hydrogen-bond donors (Lipinski definition) is 2. The van der Waals surface area contributed by atoms with Crippen LogP contribution < -0.4 is 10.5 Å². The molecule has 0 bridgehead atoms. The second-order valence-corrected chi connectivity index (χ2v) is 6.00. The summed E-state index contributed by atoms with van der Waals surface area (Å²) < 4.78 is 6.14. The molecule has 3 nitrogen and oxygen atoms in total. The van der Waals surface area contributed by atoms with E-state index in [0.717, 1.165) is 20.7 Å². The molecule has 0 aliphatic rings. The minimum absolute atomic E-state index is 0.148. The summed E-state index contributed by atoms with van der Waals surface area (Å²) in [5.74, 6) is 0.624. The van der Waals surface area contributed by atoms with E-state index in [1.54, 1.807) is 7.11 Å². The van der Waals surface area contributed by atoms with Gasteiger partial charge < -0.3 is 15.6 Å². The Bertz CT molecular complexity index is 544. The summed E-state index contributed by atoms with van der Waals surface area (Å²) in [7, 11) is 1.63. The van der Waals surface area contributed by atoms with Crippen molar-refractivity contribution in [1.29, 1.82) is 0 Å². The molecule has 1 aromatic heterocycles. The van der Waals surface area contributed by atoms with Gasteiger partial charge in [-0.05, 0) is 45.1 Å². The summed E-state index contributed by atoms with van der Waals surface area (Å²) in [6, 6.07) is 9.60. The maximum Gasteiger partial charge on any atom is 0.119 e. The van der Waals surface area contributed by atoms with E-state index in [1.165, 1.54) is 11.3 Å². The van der Waals surface area contributed by atoms with Crippen molar-refractivity contribution in [3.05, 3.63) is 50.6 Å². The molecular formula is C14H16BrNO2S. The number of hydrogen-bond acceptors (Lipinski definition) is 4. The van der Waals surface area contributed by atoms with E-state index in [-0.39, 0.29) is 5.92 Å². The highest BCUT2D eigenvalue weighted by atomic mass is 79.9. The zero-order chi connectivity index (χ0) is 13.8. The first kappa shape index (κ1) is 14.5. The highest BCUT2D eigenvalue weighted by Gasteiger charge is 2.24. The van der Waals surface area contributed by atoms with E-state index in [2.05, 4.69) is 15.9 Å². The maximum atomic E-state index is 10.5. The van der Waals surface area contributed by atoms with Crippen molar-refractivity contribution in [2.75, 3.05) is 13.7 Å². The Kier molecular flexibility index (Phi) is 4.99. The van der Waals surface area contributed by atoms with E-state index in [1.807, 2.05) is 35.7 Å². The van der Waals surface area contributed by atoms with Crippen LogP contribution in [0.25, 0.3) is 0 Å². The van der Waals surface area contributed by atoms with Gasteiger partial charge in [-0.15, -0.1) is 11.3 Å². The van der Waals surface area contributed by atoms with Crippen LogP contribution in [0.15, 0.2) is 40.2 Å². The molecule has 102 valence electrons. The SMILES string of the molecule is COc1cccc(C(CN)C(O)c2sccc2Br)c1. The second-order valence-electron chi connectivity index (χ2n) is 4.20. The van der Waals surface area contributed by atoms with Gasteiger partial charge >= 0.3 is 0 Å². The van der Waals surface area contributed by atoms with Crippen LogP contribution in [0.1, 0.15) is 22.5 Å². The highest BCUT2D eigenvalue weighted by Crippen LogP contribution is 2.38. The minimum Gasteiger partial charge on any atom is -0.497 e. The predicted octanol–water partition coefficient (Wildman–Crippen LogP) is 3.30. The molecule has 0 amide bonds. The standard InChI is InChI=1S/C14H16BrNO2S/c1-18-10-4-2-3-9(7-10)11(8-16)13(17)14-12(15)5-6-19-14/h2-7,11,13,17H,8,16H2,1H3. The average Bonchev–Trinajstić information content (AvgIpc) is 2.86. The number of rotatable bonds is 5. The lowest BCUT2D eigenvalue weighted by Crippen LogP contribution is -2.19. The zero-order valence-electron chi connectivity index (χ0n) is 10.5. The van der Waals surface area contributed by atoms with Gasteiger partial charge in [0.2, 0.25) is 0 Å². The van der Waals surface area contributed by atoms with Crippen LogP contribution in [0.5, 0.6) is 5.75 Å². The number of thiophene rings is 1. The minimum atomic E-state index is -0.619. The molecule has 19 heavy (non-hydrogen) atoms. The molecule has 0 radical (unpaired) electrons. The molecule has 2 aromatic rings. The van der Waals surface area contributed by atoms with Crippen LogP contribution in [0.4, 0.5) is 0 Å². The van der Waals surface area contributed by atoms with Crippen LogP contribution in [0, 0.1) is 0 Å². The van der Waals surface area contributed by atoms with Crippen molar-refractivity contribution in [1.82, 2.24) is 0 Å². The summed E-state index contributed by atoms with van der Waals surface area (Å²) in [5, 5.41) is 12.5. The van der Waals surface area contributed by atoms with Crippen LogP contribution in [-0.4, -0.2) is 18.8 Å². The van der Waals surface area contributed by atoms with Gasteiger partial charge in [-0.25, -0.2) is 0 Å². The molecule has 1 heterocycles. The maximum absolute atomic E-state index is 10.5. The topological polar surface area (TPSA) is 55.5 Å². The molecule has 0 spiro atoms. The third kappa shape index (κ3) is 3.17. The summed E-state index contributed by atoms with van der Waals surface area (Å²) in [6.45, 7) is 0.374. The molecule has 0 fully saturated rings. The average molecular weight is 342 g/mol. The number of ether oxygens (including phenoxy) is 1. The van der Waals surface area contributed by atoms with Crippen LogP contribution in [0.2, 0.25) is 0 Å². The number of methoxy groups -OCH3 is 1. The summed E-state index contributed by atoms with van der Waals surface area (Å²) in [5.41, 5.74) is 6.82. The van der Waals surface area contributed by atoms with Crippen molar-refractivity contribution < 1.29 is 9.84 Å². The van der Waals surface area contributed by atoms with E-state index >= 15 is 0 Å². The smallest absolute Gasteiger partial charge is 0.119 e. The van der Waals surface area contributed by atoms with E-state index in [9.17, 15) is 5.11 Å². The number of halogens is 1. The Labute approximate surface area is 125 Å². The third-order valence-electron chi connectivity index (χ3n) is 3.07. The molecule has 2 rings (SSSR count). The van der Waals surface area contributed by atoms with Crippen LogP contribution in [-0.2, 0) is 0 Å². The summed E-state index contributed by atoms with van der Waals surface area (Å²) in [6.07, 6.45) is -0.619. The van der Waals surface area contributed by atoms with Gasteiger partial charge in [0.15, 0.2) is 0 Å². The first-order valence-corrected chi connectivity index (χ1v) is 7.59. The Balaban J connectivity index is 2.31. The Morgan fingerprint density at radius 3 is 2.79 bits per heavy atom. The molecule has 5 heteroatoms. The third-order valence-corrected chi connectivity index (χ3v) is 5.01. The van der Waals surface area contributed by atoms with Crippen molar-refractivity contribution in [2.24, 2.45) is 5.73 Å². The van der Waals surface area contributed by atoms with Gasteiger partial charge in [-0.2, -0.15) is 0 Å². The molecule has 0 saturated heterocycles. The van der Waals surface area contributed by atoms with Crippen molar-refractivity contribution in [3.8, 4) is 5.75 Å². The van der Waals surface area contributed by atoms with Gasteiger partial charge in [0, 0.05) is 21.8 Å². The number of aliphatic hydroxyl groups is 1. The fourth-order valence-corrected chi connectivity index (χ4v) is 3.68. The first-order valence-electron chi connectivity index (χ1n) is 5.92.